The maximum Gasteiger partial charge on any atom is 0.191 e. The number of hydrogen-bond donors (Lipinski definition) is 0. The fraction of sp³-hybridized carbons (Fsp3) is 0.400. The summed E-state index contributed by atoms with van der Waals surface area (Å²) in [6.45, 7) is 4.85. The molecule has 4 rings (SSSR count). The zero-order valence-corrected chi connectivity index (χ0v) is 16.9. The third kappa shape index (κ3) is 3.96. The van der Waals surface area contributed by atoms with Crippen LogP contribution in [-0.2, 0) is 20.0 Å². The van der Waals surface area contributed by atoms with Crippen molar-refractivity contribution in [2.24, 2.45) is 7.05 Å². The molecular weight excluding hydrogens is 372 g/mol. The zero-order valence-electron chi connectivity index (χ0n) is 16.1. The van der Waals surface area contributed by atoms with E-state index in [0.29, 0.717) is 11.6 Å². The number of nitriles is 1. The Morgan fingerprint density at radius 2 is 2.18 bits per heavy atom. The molecule has 0 amide bonds. The SMILES string of the molecule is Cc1nc(-c2nnc(SCCCN3CCc4ccc(C#N)cc4C3)n2C)co1. The highest BCUT2D eigenvalue weighted by Crippen LogP contribution is 2.24. The molecule has 0 aliphatic carbocycles. The fourth-order valence-corrected chi connectivity index (χ4v) is 4.29. The summed E-state index contributed by atoms with van der Waals surface area (Å²) >= 11 is 1.71. The summed E-state index contributed by atoms with van der Waals surface area (Å²) < 4.78 is 7.23. The molecule has 1 aliphatic rings. The Labute approximate surface area is 168 Å². The van der Waals surface area contributed by atoms with Gasteiger partial charge in [0, 0.05) is 32.8 Å². The number of thioether (sulfide) groups is 1. The molecule has 0 spiro atoms. The molecule has 28 heavy (non-hydrogen) atoms. The Kier molecular flexibility index (Phi) is 5.46. The van der Waals surface area contributed by atoms with E-state index >= 15 is 0 Å². The number of oxazole rings is 1. The second-order valence-corrected chi connectivity index (χ2v) is 8.00. The van der Waals surface area contributed by atoms with Gasteiger partial charge < -0.3 is 8.98 Å². The lowest BCUT2D eigenvalue weighted by Gasteiger charge is -2.28. The minimum absolute atomic E-state index is 0.622. The topological polar surface area (TPSA) is 83.8 Å². The first kappa shape index (κ1) is 18.7. The minimum Gasteiger partial charge on any atom is -0.449 e. The highest BCUT2D eigenvalue weighted by atomic mass is 32.2. The van der Waals surface area contributed by atoms with Gasteiger partial charge in [0.25, 0.3) is 0 Å². The van der Waals surface area contributed by atoms with Crippen LogP contribution < -0.4 is 0 Å². The first-order valence-corrected chi connectivity index (χ1v) is 10.3. The molecule has 8 heteroatoms. The Morgan fingerprint density at radius 1 is 1.29 bits per heavy atom. The number of nitrogens with zero attached hydrogens (tertiary/aromatic N) is 6. The van der Waals surface area contributed by atoms with Gasteiger partial charge in [-0.1, -0.05) is 17.8 Å². The van der Waals surface area contributed by atoms with E-state index < -0.39 is 0 Å². The number of aromatic nitrogens is 4. The molecule has 0 N–H and O–H groups in total. The number of benzene rings is 1. The second-order valence-electron chi connectivity index (χ2n) is 6.94. The van der Waals surface area contributed by atoms with Crippen molar-refractivity contribution in [3.05, 3.63) is 47.0 Å². The van der Waals surface area contributed by atoms with Crippen molar-refractivity contribution in [2.75, 3.05) is 18.8 Å². The van der Waals surface area contributed by atoms with Crippen molar-refractivity contribution < 1.29 is 4.42 Å². The van der Waals surface area contributed by atoms with E-state index in [1.54, 1.807) is 18.0 Å². The summed E-state index contributed by atoms with van der Waals surface area (Å²) in [6.07, 6.45) is 3.74. The van der Waals surface area contributed by atoms with Crippen LogP contribution in [0.5, 0.6) is 0 Å². The molecule has 3 aromatic rings. The van der Waals surface area contributed by atoms with Crippen LogP contribution in [0.1, 0.15) is 29.0 Å². The van der Waals surface area contributed by atoms with Crippen LogP contribution in [-0.4, -0.2) is 43.5 Å². The van der Waals surface area contributed by atoms with Crippen LogP contribution in [0.3, 0.4) is 0 Å². The maximum absolute atomic E-state index is 9.10. The van der Waals surface area contributed by atoms with Gasteiger partial charge in [-0.25, -0.2) is 4.98 Å². The maximum atomic E-state index is 9.10. The average molecular weight is 395 g/mol. The lowest BCUT2D eigenvalue weighted by molar-refractivity contribution is 0.255. The first-order chi connectivity index (χ1) is 13.6. The molecule has 0 bridgehead atoms. The van der Waals surface area contributed by atoms with Gasteiger partial charge in [-0.05, 0) is 42.6 Å². The van der Waals surface area contributed by atoms with Crippen molar-refractivity contribution in [3.8, 4) is 17.6 Å². The smallest absolute Gasteiger partial charge is 0.191 e. The van der Waals surface area contributed by atoms with Crippen molar-refractivity contribution in [1.29, 1.82) is 5.26 Å². The molecular formula is C20H22N6OS. The number of aryl methyl sites for hydroxylation is 1. The Balaban J connectivity index is 1.29. The Bertz CT molecular complexity index is 1020. The molecule has 0 atom stereocenters. The lowest BCUT2D eigenvalue weighted by Crippen LogP contribution is -2.31. The third-order valence-electron chi connectivity index (χ3n) is 4.96. The normalized spacial score (nSPS) is 14.0. The number of rotatable bonds is 6. The van der Waals surface area contributed by atoms with Crippen molar-refractivity contribution in [1.82, 2.24) is 24.6 Å². The molecule has 0 radical (unpaired) electrons. The highest BCUT2D eigenvalue weighted by molar-refractivity contribution is 7.99. The van der Waals surface area contributed by atoms with Crippen LogP contribution in [0.4, 0.5) is 0 Å². The Morgan fingerprint density at radius 3 is 2.96 bits per heavy atom. The predicted octanol–water partition coefficient (Wildman–Crippen LogP) is 3.19. The molecule has 0 fully saturated rings. The molecule has 0 saturated carbocycles. The molecule has 7 nitrogen and oxygen atoms in total. The molecule has 2 aromatic heterocycles. The second kappa shape index (κ2) is 8.17. The molecule has 1 aliphatic heterocycles. The van der Waals surface area contributed by atoms with Gasteiger partial charge in [0.05, 0.1) is 11.6 Å². The quantitative estimate of drug-likeness (QED) is 0.469. The standard InChI is InChI=1S/C20H22N6OS/c1-14-22-18(13-27-14)19-23-24-20(25(19)2)28-9-3-7-26-8-6-16-5-4-15(11-21)10-17(16)12-26/h4-5,10,13H,3,6-9,12H2,1-2H3. The summed E-state index contributed by atoms with van der Waals surface area (Å²) in [4.78, 5) is 6.78. The highest BCUT2D eigenvalue weighted by Gasteiger charge is 2.17. The summed E-state index contributed by atoms with van der Waals surface area (Å²) in [5.74, 6) is 2.32. The van der Waals surface area contributed by atoms with Gasteiger partial charge in [-0.3, -0.25) is 4.90 Å². The van der Waals surface area contributed by atoms with Crippen molar-refractivity contribution in [2.45, 2.75) is 31.5 Å². The van der Waals surface area contributed by atoms with Crippen LogP contribution >= 0.6 is 11.8 Å². The largest absolute Gasteiger partial charge is 0.449 e. The third-order valence-corrected chi connectivity index (χ3v) is 6.07. The van der Waals surface area contributed by atoms with Gasteiger partial charge >= 0.3 is 0 Å². The van der Waals surface area contributed by atoms with E-state index in [-0.39, 0.29) is 0 Å². The van der Waals surface area contributed by atoms with E-state index in [0.717, 1.165) is 54.8 Å². The first-order valence-electron chi connectivity index (χ1n) is 9.33. The number of fused-ring (bicyclic) bond motifs is 1. The summed E-state index contributed by atoms with van der Waals surface area (Å²) in [6, 6.07) is 8.28. The zero-order chi connectivity index (χ0) is 19.5. The average Bonchev–Trinajstić information content (AvgIpc) is 3.30. The van der Waals surface area contributed by atoms with Crippen LogP contribution in [0.25, 0.3) is 11.5 Å². The summed E-state index contributed by atoms with van der Waals surface area (Å²) in [5, 5.41) is 18.5. The van der Waals surface area contributed by atoms with Crippen LogP contribution in [0.2, 0.25) is 0 Å². The molecule has 0 unspecified atom stereocenters. The van der Waals surface area contributed by atoms with Crippen molar-refractivity contribution in [3.63, 3.8) is 0 Å². The Hall–Kier alpha value is -2.63. The van der Waals surface area contributed by atoms with Crippen LogP contribution in [0, 0.1) is 18.3 Å². The molecule has 1 aromatic carbocycles. The monoisotopic (exact) mass is 394 g/mol. The van der Waals surface area contributed by atoms with E-state index in [9.17, 15) is 0 Å². The number of hydrogen-bond acceptors (Lipinski definition) is 7. The minimum atomic E-state index is 0.622. The van der Waals surface area contributed by atoms with Gasteiger partial charge in [0.1, 0.15) is 12.0 Å². The van der Waals surface area contributed by atoms with Gasteiger partial charge in [0.15, 0.2) is 16.9 Å². The van der Waals surface area contributed by atoms with E-state index in [1.807, 2.05) is 30.7 Å². The summed E-state index contributed by atoms with van der Waals surface area (Å²) in [7, 11) is 1.95. The molecule has 144 valence electrons. The molecule has 3 heterocycles. The lowest BCUT2D eigenvalue weighted by atomic mass is 9.97. The van der Waals surface area contributed by atoms with Crippen molar-refractivity contribution >= 4 is 11.8 Å². The van der Waals surface area contributed by atoms with E-state index in [4.69, 9.17) is 9.68 Å². The van der Waals surface area contributed by atoms with Gasteiger partial charge in [-0.2, -0.15) is 5.26 Å². The van der Waals surface area contributed by atoms with Gasteiger partial charge in [0.2, 0.25) is 0 Å². The van der Waals surface area contributed by atoms with Gasteiger partial charge in [-0.15, -0.1) is 10.2 Å². The predicted molar refractivity (Wildman–Crippen MR) is 107 cm³/mol. The summed E-state index contributed by atoms with van der Waals surface area (Å²) in [5.41, 5.74) is 4.12. The molecule has 0 saturated heterocycles. The van der Waals surface area contributed by atoms with E-state index in [2.05, 4.69) is 32.2 Å². The van der Waals surface area contributed by atoms with E-state index in [1.165, 1.54) is 11.1 Å². The van der Waals surface area contributed by atoms with Crippen LogP contribution in [0.15, 0.2) is 34.0 Å². The fourth-order valence-electron chi connectivity index (χ4n) is 3.46.